The van der Waals surface area contributed by atoms with Crippen LogP contribution in [0.4, 0.5) is 10.7 Å². The molecular formula is C16H24N2OS. The number of thiophene rings is 1. The summed E-state index contributed by atoms with van der Waals surface area (Å²) in [5.41, 5.74) is 8.29. The van der Waals surface area contributed by atoms with Gasteiger partial charge in [-0.15, -0.1) is 11.3 Å². The summed E-state index contributed by atoms with van der Waals surface area (Å²) < 4.78 is 0. The standard InChI is InChI=1S/C16H24N2OS/c1-4-9-7-11(9)18-16-12(10-5-6-10)13(17)15(20-16)14(19)8(2)3/h8-11,18H,4-7,17H2,1-3H3. The summed E-state index contributed by atoms with van der Waals surface area (Å²) in [6.45, 7) is 6.13. The lowest BCUT2D eigenvalue weighted by Crippen LogP contribution is -2.08. The molecule has 110 valence electrons. The average molecular weight is 292 g/mol. The fourth-order valence-electron chi connectivity index (χ4n) is 2.83. The molecule has 2 atom stereocenters. The van der Waals surface area contributed by atoms with Crippen LogP contribution < -0.4 is 11.1 Å². The molecule has 4 heteroatoms. The minimum absolute atomic E-state index is 0.0140. The molecule has 20 heavy (non-hydrogen) atoms. The molecule has 0 aromatic carbocycles. The SMILES string of the molecule is CCC1CC1Nc1sc(C(=O)C(C)C)c(N)c1C1CC1. The zero-order valence-electron chi connectivity index (χ0n) is 12.5. The maximum absolute atomic E-state index is 12.3. The quantitative estimate of drug-likeness (QED) is 0.770. The largest absolute Gasteiger partial charge is 0.397 e. The van der Waals surface area contributed by atoms with Gasteiger partial charge in [-0.2, -0.15) is 0 Å². The first-order valence-corrected chi connectivity index (χ1v) is 8.57. The van der Waals surface area contributed by atoms with Gasteiger partial charge in [-0.1, -0.05) is 27.2 Å². The molecule has 1 heterocycles. The fourth-order valence-corrected chi connectivity index (χ4v) is 4.19. The highest BCUT2D eigenvalue weighted by Gasteiger charge is 2.39. The number of nitrogens with two attached hydrogens (primary N) is 1. The van der Waals surface area contributed by atoms with Crippen LogP contribution in [0.5, 0.6) is 0 Å². The predicted molar refractivity (Wildman–Crippen MR) is 85.7 cm³/mol. The maximum Gasteiger partial charge on any atom is 0.177 e. The highest BCUT2D eigenvalue weighted by molar-refractivity contribution is 7.18. The van der Waals surface area contributed by atoms with Crippen molar-refractivity contribution < 1.29 is 4.79 Å². The van der Waals surface area contributed by atoms with Gasteiger partial charge in [-0.05, 0) is 31.1 Å². The van der Waals surface area contributed by atoms with Gasteiger partial charge < -0.3 is 11.1 Å². The van der Waals surface area contributed by atoms with Gasteiger partial charge >= 0.3 is 0 Å². The van der Waals surface area contributed by atoms with E-state index in [-0.39, 0.29) is 11.7 Å². The zero-order valence-corrected chi connectivity index (χ0v) is 13.3. The maximum atomic E-state index is 12.3. The first kappa shape index (κ1) is 13.9. The van der Waals surface area contributed by atoms with Crippen LogP contribution in [0.2, 0.25) is 0 Å². The van der Waals surface area contributed by atoms with E-state index in [4.69, 9.17) is 5.73 Å². The molecule has 1 aromatic heterocycles. The molecule has 2 unspecified atom stereocenters. The monoisotopic (exact) mass is 292 g/mol. The van der Waals surface area contributed by atoms with E-state index in [0.717, 1.165) is 16.5 Å². The average Bonchev–Trinajstić information content (AvgIpc) is 3.30. The van der Waals surface area contributed by atoms with Crippen molar-refractivity contribution in [2.45, 2.75) is 58.4 Å². The van der Waals surface area contributed by atoms with Crippen LogP contribution in [-0.4, -0.2) is 11.8 Å². The van der Waals surface area contributed by atoms with Crippen molar-refractivity contribution >= 4 is 27.8 Å². The minimum Gasteiger partial charge on any atom is -0.397 e. The van der Waals surface area contributed by atoms with Crippen molar-refractivity contribution in [2.24, 2.45) is 11.8 Å². The van der Waals surface area contributed by atoms with Crippen LogP contribution in [-0.2, 0) is 0 Å². The van der Waals surface area contributed by atoms with Gasteiger partial charge in [-0.25, -0.2) is 0 Å². The normalized spacial score (nSPS) is 25.0. The Morgan fingerprint density at radius 3 is 2.65 bits per heavy atom. The second-order valence-electron chi connectivity index (χ2n) is 6.54. The Morgan fingerprint density at radius 2 is 2.15 bits per heavy atom. The fraction of sp³-hybridized carbons (Fsp3) is 0.688. The van der Waals surface area contributed by atoms with Crippen molar-refractivity contribution in [2.75, 3.05) is 11.1 Å². The highest BCUT2D eigenvalue weighted by Crippen LogP contribution is 2.52. The Morgan fingerprint density at radius 1 is 1.45 bits per heavy atom. The molecule has 2 saturated carbocycles. The molecule has 2 fully saturated rings. The van der Waals surface area contributed by atoms with Crippen LogP contribution in [0, 0.1) is 11.8 Å². The number of nitrogen functional groups attached to an aromatic ring is 1. The van der Waals surface area contributed by atoms with E-state index in [0.29, 0.717) is 12.0 Å². The van der Waals surface area contributed by atoms with Crippen molar-refractivity contribution in [1.82, 2.24) is 0 Å². The first-order valence-electron chi connectivity index (χ1n) is 7.75. The second-order valence-corrected chi connectivity index (χ2v) is 7.56. The number of carbonyl (C=O) groups is 1. The van der Waals surface area contributed by atoms with Crippen molar-refractivity contribution in [3.05, 3.63) is 10.4 Å². The van der Waals surface area contributed by atoms with Crippen LogP contribution in [0.15, 0.2) is 0 Å². The molecule has 0 amide bonds. The lowest BCUT2D eigenvalue weighted by molar-refractivity contribution is 0.0944. The molecule has 2 aliphatic carbocycles. The molecule has 3 nitrogen and oxygen atoms in total. The first-order chi connectivity index (χ1) is 9.52. The Balaban J connectivity index is 1.88. The summed E-state index contributed by atoms with van der Waals surface area (Å²) in [7, 11) is 0. The Kier molecular flexibility index (Phi) is 3.53. The number of ketones is 1. The number of carbonyl (C=O) groups excluding carboxylic acids is 1. The topological polar surface area (TPSA) is 55.1 Å². The van der Waals surface area contributed by atoms with E-state index >= 15 is 0 Å². The van der Waals surface area contributed by atoms with Gasteiger partial charge in [0.1, 0.15) is 0 Å². The molecule has 0 saturated heterocycles. The van der Waals surface area contributed by atoms with Crippen molar-refractivity contribution in [3.63, 3.8) is 0 Å². The van der Waals surface area contributed by atoms with Gasteiger partial charge in [0.05, 0.1) is 15.6 Å². The number of hydrogen-bond donors (Lipinski definition) is 2. The molecule has 1 aromatic rings. The summed E-state index contributed by atoms with van der Waals surface area (Å²) >= 11 is 1.59. The summed E-state index contributed by atoms with van der Waals surface area (Å²) in [6.07, 6.45) is 4.92. The lowest BCUT2D eigenvalue weighted by Gasteiger charge is -2.06. The third-order valence-electron chi connectivity index (χ3n) is 4.48. The van der Waals surface area contributed by atoms with E-state index < -0.39 is 0 Å². The van der Waals surface area contributed by atoms with Gasteiger partial charge in [0.2, 0.25) is 0 Å². The number of anilines is 2. The Bertz CT molecular complexity index is 531. The summed E-state index contributed by atoms with van der Waals surface area (Å²) in [4.78, 5) is 13.1. The zero-order chi connectivity index (χ0) is 14.4. The smallest absolute Gasteiger partial charge is 0.177 e. The van der Waals surface area contributed by atoms with E-state index in [9.17, 15) is 4.79 Å². The lowest BCUT2D eigenvalue weighted by atomic mass is 10.0. The summed E-state index contributed by atoms with van der Waals surface area (Å²) in [6, 6.07) is 0.595. The van der Waals surface area contributed by atoms with Gasteiger partial charge in [-0.3, -0.25) is 4.79 Å². The highest BCUT2D eigenvalue weighted by atomic mass is 32.1. The molecule has 0 aliphatic heterocycles. The van der Waals surface area contributed by atoms with Crippen LogP contribution >= 0.6 is 11.3 Å². The Labute approximate surface area is 124 Å². The molecule has 0 bridgehead atoms. The van der Waals surface area contributed by atoms with Crippen LogP contribution in [0.25, 0.3) is 0 Å². The number of nitrogens with one attached hydrogen (secondary N) is 1. The van der Waals surface area contributed by atoms with E-state index in [2.05, 4.69) is 12.2 Å². The van der Waals surface area contributed by atoms with Crippen molar-refractivity contribution in [1.29, 1.82) is 0 Å². The number of Topliss-reactive ketones (excluding diaryl/α,β-unsaturated/α-hetero) is 1. The van der Waals surface area contributed by atoms with Crippen LogP contribution in [0.3, 0.4) is 0 Å². The van der Waals surface area contributed by atoms with E-state index in [1.807, 2.05) is 13.8 Å². The molecule has 3 N–H and O–H groups in total. The number of rotatable bonds is 6. The molecular weight excluding hydrogens is 268 g/mol. The van der Waals surface area contributed by atoms with Crippen molar-refractivity contribution in [3.8, 4) is 0 Å². The minimum atomic E-state index is 0.0140. The molecule has 0 radical (unpaired) electrons. The van der Waals surface area contributed by atoms with Gasteiger partial charge in [0.25, 0.3) is 0 Å². The predicted octanol–water partition coefficient (Wildman–Crippen LogP) is 4.26. The number of hydrogen-bond acceptors (Lipinski definition) is 4. The molecule has 0 spiro atoms. The van der Waals surface area contributed by atoms with E-state index in [1.165, 1.54) is 36.2 Å². The second kappa shape index (κ2) is 5.06. The Hall–Kier alpha value is -1.03. The van der Waals surface area contributed by atoms with Gasteiger partial charge in [0, 0.05) is 17.5 Å². The van der Waals surface area contributed by atoms with Gasteiger partial charge in [0.15, 0.2) is 5.78 Å². The third-order valence-corrected chi connectivity index (χ3v) is 5.65. The summed E-state index contributed by atoms with van der Waals surface area (Å²) in [5, 5.41) is 4.82. The summed E-state index contributed by atoms with van der Waals surface area (Å²) in [5.74, 6) is 1.58. The molecule has 2 aliphatic rings. The van der Waals surface area contributed by atoms with E-state index in [1.54, 1.807) is 11.3 Å². The van der Waals surface area contributed by atoms with Crippen LogP contribution in [0.1, 0.15) is 67.6 Å². The third kappa shape index (κ3) is 2.46. The molecule has 3 rings (SSSR count).